The quantitative estimate of drug-likeness (QED) is 0.391. The second-order valence-corrected chi connectivity index (χ2v) is 7.41. The molecule has 2 heterocycles. The van der Waals surface area contributed by atoms with Gasteiger partial charge in [0.15, 0.2) is 5.82 Å². The van der Waals surface area contributed by atoms with Gasteiger partial charge in [-0.15, -0.1) is 0 Å². The van der Waals surface area contributed by atoms with Gasteiger partial charge in [0.05, 0.1) is 17.4 Å². The van der Waals surface area contributed by atoms with E-state index in [-0.39, 0.29) is 11.9 Å². The van der Waals surface area contributed by atoms with Crippen LogP contribution >= 0.6 is 0 Å². The van der Waals surface area contributed by atoms with Crippen molar-refractivity contribution >= 4 is 21.9 Å². The van der Waals surface area contributed by atoms with Crippen LogP contribution in [0.1, 0.15) is 13.8 Å². The second kappa shape index (κ2) is 7.19. The normalized spacial score (nSPS) is 11.4. The van der Waals surface area contributed by atoms with Gasteiger partial charge in [0.2, 0.25) is 5.88 Å². The lowest BCUT2D eigenvalue weighted by Crippen LogP contribution is -2.08. The number of furan rings is 1. The highest BCUT2D eigenvalue weighted by Gasteiger charge is 2.15. The highest BCUT2D eigenvalue weighted by atomic mass is 16.5. The molecule has 0 amide bonds. The summed E-state index contributed by atoms with van der Waals surface area (Å²) >= 11 is 0. The van der Waals surface area contributed by atoms with Gasteiger partial charge in [0.25, 0.3) is 0 Å². The summed E-state index contributed by atoms with van der Waals surface area (Å²) in [5.74, 6) is 1.00. The molecule has 3 aromatic carbocycles. The van der Waals surface area contributed by atoms with Gasteiger partial charge in [0.1, 0.15) is 16.9 Å². The molecule has 148 valence electrons. The summed E-state index contributed by atoms with van der Waals surface area (Å²) in [4.78, 5) is 9.25. The SMILES string of the molecule is CC(C)Oc1cc(-c2ccc3oc4ccccc4c3c2)nc(-c2ccccc2O)n1. The van der Waals surface area contributed by atoms with Crippen LogP contribution in [0.4, 0.5) is 0 Å². The number of nitrogens with zero attached hydrogens (tertiary/aromatic N) is 2. The summed E-state index contributed by atoms with van der Waals surface area (Å²) in [6.07, 6.45) is -0.0368. The molecule has 0 aliphatic carbocycles. The Morgan fingerprint density at radius 2 is 1.60 bits per heavy atom. The molecule has 0 saturated heterocycles. The van der Waals surface area contributed by atoms with E-state index in [1.165, 1.54) is 0 Å². The number of phenols is 1. The fourth-order valence-corrected chi connectivity index (χ4v) is 3.54. The minimum Gasteiger partial charge on any atom is -0.507 e. The molecule has 0 aliphatic rings. The van der Waals surface area contributed by atoms with Gasteiger partial charge in [-0.25, -0.2) is 4.98 Å². The minimum absolute atomic E-state index is 0.0368. The van der Waals surface area contributed by atoms with Crippen LogP contribution in [0.25, 0.3) is 44.6 Å². The fraction of sp³-hybridized carbons (Fsp3) is 0.120. The molecule has 0 spiro atoms. The lowest BCUT2D eigenvalue weighted by Gasteiger charge is -2.12. The number of para-hydroxylation sites is 2. The minimum atomic E-state index is -0.0368. The highest BCUT2D eigenvalue weighted by Crippen LogP contribution is 2.34. The Bertz CT molecular complexity index is 1370. The summed E-state index contributed by atoms with van der Waals surface area (Å²) < 4.78 is 11.8. The number of phenolic OH excluding ortho intramolecular Hbond substituents is 1. The van der Waals surface area contributed by atoms with Crippen molar-refractivity contribution in [2.24, 2.45) is 0 Å². The highest BCUT2D eigenvalue weighted by molar-refractivity contribution is 6.06. The zero-order valence-electron chi connectivity index (χ0n) is 16.7. The van der Waals surface area contributed by atoms with E-state index in [0.717, 1.165) is 27.5 Å². The number of aromatic nitrogens is 2. The molecule has 0 unspecified atom stereocenters. The average molecular weight is 396 g/mol. The van der Waals surface area contributed by atoms with E-state index in [2.05, 4.69) is 11.1 Å². The summed E-state index contributed by atoms with van der Waals surface area (Å²) in [6, 6.07) is 22.8. The third-order valence-corrected chi connectivity index (χ3v) is 4.88. The Labute approximate surface area is 173 Å². The fourth-order valence-electron chi connectivity index (χ4n) is 3.54. The first-order valence-electron chi connectivity index (χ1n) is 9.84. The van der Waals surface area contributed by atoms with Crippen molar-refractivity contribution in [2.45, 2.75) is 20.0 Å². The molecule has 0 radical (unpaired) electrons. The Morgan fingerprint density at radius 1 is 0.833 bits per heavy atom. The lowest BCUT2D eigenvalue weighted by molar-refractivity contribution is 0.232. The van der Waals surface area contributed by atoms with Gasteiger partial charge in [-0.1, -0.05) is 30.3 Å². The molecule has 0 bridgehead atoms. The van der Waals surface area contributed by atoms with E-state index in [1.807, 2.05) is 62.4 Å². The molecule has 0 saturated carbocycles. The van der Waals surface area contributed by atoms with E-state index in [1.54, 1.807) is 18.2 Å². The summed E-state index contributed by atoms with van der Waals surface area (Å²) in [5.41, 5.74) is 3.87. The Balaban J connectivity index is 1.70. The van der Waals surface area contributed by atoms with Crippen molar-refractivity contribution < 1.29 is 14.3 Å². The number of fused-ring (bicyclic) bond motifs is 3. The van der Waals surface area contributed by atoms with Crippen LogP contribution in [0.3, 0.4) is 0 Å². The van der Waals surface area contributed by atoms with Crippen molar-refractivity contribution in [1.82, 2.24) is 9.97 Å². The van der Waals surface area contributed by atoms with E-state index < -0.39 is 0 Å². The van der Waals surface area contributed by atoms with E-state index in [4.69, 9.17) is 14.1 Å². The maximum absolute atomic E-state index is 10.3. The number of ether oxygens (including phenoxy) is 1. The van der Waals surface area contributed by atoms with Gasteiger partial charge in [-0.3, -0.25) is 0 Å². The Hall–Kier alpha value is -3.86. The van der Waals surface area contributed by atoms with E-state index in [9.17, 15) is 5.11 Å². The molecule has 5 nitrogen and oxygen atoms in total. The molecule has 0 fully saturated rings. The summed E-state index contributed by atoms with van der Waals surface area (Å²) in [7, 11) is 0. The van der Waals surface area contributed by atoms with Gasteiger partial charge in [-0.05, 0) is 50.2 Å². The monoisotopic (exact) mass is 396 g/mol. The maximum Gasteiger partial charge on any atom is 0.217 e. The van der Waals surface area contributed by atoms with Gasteiger partial charge in [-0.2, -0.15) is 4.98 Å². The zero-order chi connectivity index (χ0) is 20.7. The molecular weight excluding hydrogens is 376 g/mol. The number of hydrogen-bond acceptors (Lipinski definition) is 5. The number of aromatic hydroxyl groups is 1. The predicted molar refractivity (Wildman–Crippen MR) is 118 cm³/mol. The molecule has 0 aliphatic heterocycles. The van der Waals surface area contributed by atoms with Gasteiger partial charge < -0.3 is 14.3 Å². The second-order valence-electron chi connectivity index (χ2n) is 7.41. The van der Waals surface area contributed by atoms with Crippen LogP contribution in [-0.2, 0) is 0 Å². The molecule has 1 N–H and O–H groups in total. The van der Waals surface area contributed by atoms with Gasteiger partial charge in [0, 0.05) is 22.4 Å². The van der Waals surface area contributed by atoms with Crippen LogP contribution < -0.4 is 4.74 Å². The Kier molecular flexibility index (Phi) is 4.36. The van der Waals surface area contributed by atoms with Crippen LogP contribution in [-0.4, -0.2) is 21.2 Å². The standard InChI is InChI=1S/C25H20N2O3/c1-15(2)29-24-14-20(26-25(27-24)18-8-3-5-9-21(18)28)16-11-12-23-19(13-16)17-7-4-6-10-22(17)30-23/h3-15,28H,1-2H3. The van der Waals surface area contributed by atoms with Crippen molar-refractivity contribution in [2.75, 3.05) is 0 Å². The molecule has 2 aromatic heterocycles. The smallest absolute Gasteiger partial charge is 0.217 e. The topological polar surface area (TPSA) is 68.4 Å². The van der Waals surface area contributed by atoms with Crippen LogP contribution in [0, 0.1) is 0 Å². The molecular formula is C25H20N2O3. The first-order chi connectivity index (χ1) is 14.6. The van der Waals surface area contributed by atoms with Crippen LogP contribution in [0.5, 0.6) is 11.6 Å². The van der Waals surface area contributed by atoms with Crippen molar-refractivity contribution in [1.29, 1.82) is 0 Å². The average Bonchev–Trinajstić information content (AvgIpc) is 3.11. The first kappa shape index (κ1) is 18.2. The van der Waals surface area contributed by atoms with Gasteiger partial charge >= 0.3 is 0 Å². The lowest BCUT2D eigenvalue weighted by atomic mass is 10.1. The van der Waals surface area contributed by atoms with E-state index >= 15 is 0 Å². The Morgan fingerprint density at radius 3 is 2.43 bits per heavy atom. The number of hydrogen-bond donors (Lipinski definition) is 1. The molecule has 5 heteroatoms. The largest absolute Gasteiger partial charge is 0.507 e. The van der Waals surface area contributed by atoms with Crippen LogP contribution in [0.15, 0.2) is 77.2 Å². The van der Waals surface area contributed by atoms with E-state index in [0.29, 0.717) is 23.0 Å². The first-order valence-corrected chi connectivity index (χ1v) is 9.84. The molecule has 0 atom stereocenters. The third kappa shape index (κ3) is 3.24. The number of rotatable bonds is 4. The predicted octanol–water partition coefficient (Wildman–Crippen LogP) is 6.20. The third-order valence-electron chi connectivity index (χ3n) is 4.88. The zero-order valence-corrected chi connectivity index (χ0v) is 16.7. The molecule has 5 rings (SSSR count). The van der Waals surface area contributed by atoms with Crippen LogP contribution in [0.2, 0.25) is 0 Å². The molecule has 5 aromatic rings. The summed E-state index contributed by atoms with van der Waals surface area (Å²) in [5, 5.41) is 12.4. The molecule has 30 heavy (non-hydrogen) atoms. The summed E-state index contributed by atoms with van der Waals surface area (Å²) in [6.45, 7) is 3.90. The van der Waals surface area contributed by atoms with Crippen molar-refractivity contribution in [3.05, 3.63) is 72.8 Å². The number of benzene rings is 3. The van der Waals surface area contributed by atoms with Crippen molar-refractivity contribution in [3.63, 3.8) is 0 Å². The van der Waals surface area contributed by atoms with Crippen molar-refractivity contribution in [3.8, 4) is 34.3 Å². The maximum atomic E-state index is 10.3.